The molecular formula is C14H30N2O2S. The molecule has 0 saturated carbocycles. The maximum absolute atomic E-state index is 11.6. The number of nitrogens with zero attached hydrogens (tertiary/aromatic N) is 1. The number of hydrogen-bond donors (Lipinski definition) is 1. The lowest BCUT2D eigenvalue weighted by Crippen LogP contribution is -2.51. The highest BCUT2D eigenvalue weighted by molar-refractivity contribution is 7.91. The number of nitrogens with one attached hydrogen (secondary N) is 1. The highest BCUT2D eigenvalue weighted by Gasteiger charge is 2.31. The number of hydrogen-bond acceptors (Lipinski definition) is 4. The Bertz CT molecular complexity index is 377. The van der Waals surface area contributed by atoms with Gasteiger partial charge in [-0.1, -0.05) is 27.7 Å². The minimum Gasteiger partial charge on any atom is -0.316 e. The minimum absolute atomic E-state index is 0.142. The molecule has 5 heteroatoms. The predicted molar refractivity (Wildman–Crippen MR) is 81.2 cm³/mol. The first kappa shape index (κ1) is 16.9. The van der Waals surface area contributed by atoms with Gasteiger partial charge in [0.05, 0.1) is 11.5 Å². The van der Waals surface area contributed by atoms with Crippen molar-refractivity contribution in [3.63, 3.8) is 0 Å². The SMILES string of the molecule is CC(C)CNCC(C)(C)CN1CCS(=O)(=O)CC1C. The van der Waals surface area contributed by atoms with Crippen LogP contribution in [0.15, 0.2) is 0 Å². The summed E-state index contributed by atoms with van der Waals surface area (Å²) in [5, 5.41) is 3.50. The van der Waals surface area contributed by atoms with E-state index in [0.29, 0.717) is 24.0 Å². The molecule has 1 aliphatic rings. The van der Waals surface area contributed by atoms with Crippen molar-refractivity contribution in [1.29, 1.82) is 0 Å². The molecule has 1 heterocycles. The molecule has 1 atom stereocenters. The highest BCUT2D eigenvalue weighted by atomic mass is 32.2. The van der Waals surface area contributed by atoms with E-state index in [0.717, 1.165) is 19.6 Å². The van der Waals surface area contributed by atoms with E-state index in [1.54, 1.807) is 0 Å². The standard InChI is InChI=1S/C14H30N2O2S/c1-12(2)8-15-10-14(4,5)11-16-6-7-19(17,18)9-13(16)3/h12-13,15H,6-11H2,1-5H3. The summed E-state index contributed by atoms with van der Waals surface area (Å²) >= 11 is 0. The fraction of sp³-hybridized carbons (Fsp3) is 1.00. The molecule has 1 saturated heterocycles. The van der Waals surface area contributed by atoms with Crippen LogP contribution in [0.3, 0.4) is 0 Å². The minimum atomic E-state index is -2.81. The van der Waals surface area contributed by atoms with Crippen LogP contribution in [0, 0.1) is 11.3 Å². The third-order valence-corrected chi connectivity index (χ3v) is 5.39. The Labute approximate surface area is 118 Å². The summed E-state index contributed by atoms with van der Waals surface area (Å²) in [5.74, 6) is 1.28. The molecule has 0 aliphatic carbocycles. The summed E-state index contributed by atoms with van der Waals surface area (Å²) in [6.07, 6.45) is 0. The third kappa shape index (κ3) is 6.23. The molecule has 0 amide bonds. The first-order chi connectivity index (χ1) is 8.61. The van der Waals surface area contributed by atoms with E-state index in [1.165, 1.54) is 0 Å². The average Bonchev–Trinajstić information content (AvgIpc) is 2.20. The average molecular weight is 290 g/mol. The molecule has 0 aromatic heterocycles. The molecule has 0 bridgehead atoms. The van der Waals surface area contributed by atoms with Crippen LogP contribution in [-0.2, 0) is 9.84 Å². The fourth-order valence-corrected chi connectivity index (χ4v) is 4.20. The maximum atomic E-state index is 11.6. The van der Waals surface area contributed by atoms with Gasteiger partial charge in [0.1, 0.15) is 0 Å². The van der Waals surface area contributed by atoms with Crippen LogP contribution in [0.2, 0.25) is 0 Å². The molecule has 0 spiro atoms. The summed E-state index contributed by atoms with van der Waals surface area (Å²) in [4.78, 5) is 2.32. The van der Waals surface area contributed by atoms with Crippen molar-refractivity contribution in [1.82, 2.24) is 10.2 Å². The summed E-state index contributed by atoms with van der Waals surface area (Å²) in [6.45, 7) is 14.6. The van der Waals surface area contributed by atoms with Gasteiger partial charge in [0.2, 0.25) is 0 Å². The van der Waals surface area contributed by atoms with Crippen LogP contribution in [0.1, 0.15) is 34.6 Å². The summed E-state index contributed by atoms with van der Waals surface area (Å²) in [7, 11) is -2.81. The van der Waals surface area contributed by atoms with Crippen LogP contribution in [0.5, 0.6) is 0 Å². The van der Waals surface area contributed by atoms with Gasteiger partial charge in [-0.25, -0.2) is 8.42 Å². The van der Waals surface area contributed by atoms with Crippen molar-refractivity contribution in [2.45, 2.75) is 40.7 Å². The number of sulfone groups is 1. The molecule has 1 N–H and O–H groups in total. The number of rotatable bonds is 6. The van der Waals surface area contributed by atoms with Crippen LogP contribution in [-0.4, -0.2) is 57.0 Å². The summed E-state index contributed by atoms with van der Waals surface area (Å²) in [5.41, 5.74) is 0.171. The zero-order chi connectivity index (χ0) is 14.7. The van der Waals surface area contributed by atoms with E-state index in [2.05, 4.69) is 37.9 Å². The van der Waals surface area contributed by atoms with Gasteiger partial charge in [-0.3, -0.25) is 4.90 Å². The molecule has 4 nitrogen and oxygen atoms in total. The van der Waals surface area contributed by atoms with Gasteiger partial charge in [0.15, 0.2) is 9.84 Å². The Morgan fingerprint density at radius 2 is 2.00 bits per heavy atom. The molecule has 114 valence electrons. The molecule has 0 radical (unpaired) electrons. The Balaban J connectivity index is 2.44. The molecule has 1 unspecified atom stereocenters. The molecular weight excluding hydrogens is 260 g/mol. The summed E-state index contributed by atoms with van der Waals surface area (Å²) < 4.78 is 23.2. The monoisotopic (exact) mass is 290 g/mol. The Hall–Kier alpha value is -0.130. The maximum Gasteiger partial charge on any atom is 0.153 e. The Morgan fingerprint density at radius 3 is 2.53 bits per heavy atom. The van der Waals surface area contributed by atoms with Crippen molar-refractivity contribution >= 4 is 9.84 Å². The highest BCUT2D eigenvalue weighted by Crippen LogP contribution is 2.20. The third-order valence-electron chi connectivity index (χ3n) is 3.60. The van der Waals surface area contributed by atoms with E-state index < -0.39 is 9.84 Å². The topological polar surface area (TPSA) is 49.4 Å². The zero-order valence-electron chi connectivity index (χ0n) is 13.1. The fourth-order valence-electron chi connectivity index (χ4n) is 2.57. The van der Waals surface area contributed by atoms with E-state index in [-0.39, 0.29) is 11.5 Å². The van der Waals surface area contributed by atoms with Gasteiger partial charge in [-0.05, 0) is 24.8 Å². The van der Waals surface area contributed by atoms with Gasteiger partial charge < -0.3 is 5.32 Å². The largest absolute Gasteiger partial charge is 0.316 e. The van der Waals surface area contributed by atoms with Crippen molar-refractivity contribution in [2.24, 2.45) is 11.3 Å². The second kappa shape index (κ2) is 6.55. The first-order valence-corrected chi connectivity index (χ1v) is 9.09. The summed E-state index contributed by atoms with van der Waals surface area (Å²) in [6, 6.07) is 0.142. The van der Waals surface area contributed by atoms with E-state index in [4.69, 9.17) is 0 Å². The molecule has 1 fully saturated rings. The van der Waals surface area contributed by atoms with Crippen LogP contribution >= 0.6 is 0 Å². The quantitative estimate of drug-likeness (QED) is 0.803. The van der Waals surface area contributed by atoms with Crippen molar-refractivity contribution in [2.75, 3.05) is 37.7 Å². The van der Waals surface area contributed by atoms with Crippen LogP contribution < -0.4 is 5.32 Å². The van der Waals surface area contributed by atoms with Gasteiger partial charge in [-0.2, -0.15) is 0 Å². The van der Waals surface area contributed by atoms with Crippen molar-refractivity contribution < 1.29 is 8.42 Å². The second-order valence-electron chi connectivity index (χ2n) is 7.12. The van der Waals surface area contributed by atoms with E-state index >= 15 is 0 Å². The molecule has 0 aromatic carbocycles. The van der Waals surface area contributed by atoms with Gasteiger partial charge >= 0.3 is 0 Å². The first-order valence-electron chi connectivity index (χ1n) is 7.26. The van der Waals surface area contributed by atoms with Gasteiger partial charge in [0, 0.05) is 25.7 Å². The van der Waals surface area contributed by atoms with Crippen LogP contribution in [0.25, 0.3) is 0 Å². The van der Waals surface area contributed by atoms with Crippen LogP contribution in [0.4, 0.5) is 0 Å². The lowest BCUT2D eigenvalue weighted by atomic mass is 9.92. The van der Waals surface area contributed by atoms with E-state index in [9.17, 15) is 8.42 Å². The predicted octanol–water partition coefficient (Wildman–Crippen LogP) is 1.38. The molecule has 1 aliphatic heterocycles. The molecule has 0 aromatic rings. The lowest BCUT2D eigenvalue weighted by Gasteiger charge is -2.39. The lowest BCUT2D eigenvalue weighted by molar-refractivity contribution is 0.145. The van der Waals surface area contributed by atoms with Gasteiger partial charge in [-0.15, -0.1) is 0 Å². The Morgan fingerprint density at radius 1 is 1.37 bits per heavy atom. The Kier molecular flexibility index (Phi) is 5.83. The van der Waals surface area contributed by atoms with E-state index in [1.807, 2.05) is 6.92 Å². The normalized spacial score (nSPS) is 24.8. The smallest absolute Gasteiger partial charge is 0.153 e. The van der Waals surface area contributed by atoms with Gasteiger partial charge in [0.25, 0.3) is 0 Å². The molecule has 19 heavy (non-hydrogen) atoms. The van der Waals surface area contributed by atoms with Crippen molar-refractivity contribution in [3.8, 4) is 0 Å². The van der Waals surface area contributed by atoms with Crippen molar-refractivity contribution in [3.05, 3.63) is 0 Å². The molecule has 1 rings (SSSR count). The second-order valence-corrected chi connectivity index (χ2v) is 9.35. The zero-order valence-corrected chi connectivity index (χ0v) is 13.9.